The highest BCUT2D eigenvalue weighted by molar-refractivity contribution is 5.65. The van der Waals surface area contributed by atoms with Crippen LogP contribution in [0.1, 0.15) is 30.0 Å². The first kappa shape index (κ1) is 21.1. The molecule has 0 spiro atoms. The summed E-state index contributed by atoms with van der Waals surface area (Å²) >= 11 is 0. The lowest BCUT2D eigenvalue weighted by atomic mass is 10.1. The van der Waals surface area contributed by atoms with Gasteiger partial charge >= 0.3 is 0 Å². The summed E-state index contributed by atoms with van der Waals surface area (Å²) in [5.41, 5.74) is 2.84. The molecule has 31 heavy (non-hydrogen) atoms. The number of hydrogen-bond acceptors (Lipinski definition) is 7. The average Bonchev–Trinajstić information content (AvgIpc) is 3.17. The molecule has 1 aliphatic rings. The van der Waals surface area contributed by atoms with Gasteiger partial charge in [-0.3, -0.25) is 4.90 Å². The number of benzene rings is 2. The van der Waals surface area contributed by atoms with E-state index in [4.69, 9.17) is 28.3 Å². The fraction of sp³-hybridized carbons (Fsp3) is 0.375. The van der Waals surface area contributed by atoms with E-state index in [0.29, 0.717) is 31.4 Å². The molecule has 0 radical (unpaired) electrons. The topological polar surface area (TPSA) is 66.2 Å². The largest absolute Gasteiger partial charge is 0.497 e. The first-order valence-corrected chi connectivity index (χ1v) is 10.3. The second-order valence-corrected chi connectivity index (χ2v) is 7.58. The van der Waals surface area contributed by atoms with Gasteiger partial charge < -0.3 is 23.4 Å². The third kappa shape index (κ3) is 4.32. The van der Waals surface area contributed by atoms with E-state index in [1.54, 1.807) is 14.2 Å². The molecule has 1 atom stereocenters. The molecule has 1 aliphatic heterocycles. The van der Waals surface area contributed by atoms with Crippen LogP contribution >= 0.6 is 0 Å². The Hall–Kier alpha value is -3.19. The second-order valence-electron chi connectivity index (χ2n) is 7.58. The number of methoxy groups -OCH3 is 2. The van der Waals surface area contributed by atoms with Crippen molar-refractivity contribution in [2.24, 2.45) is 0 Å². The maximum Gasteiger partial charge on any atom is 0.230 e. The van der Waals surface area contributed by atoms with Gasteiger partial charge in [0, 0.05) is 18.7 Å². The number of aryl methyl sites for hydroxylation is 1. The van der Waals surface area contributed by atoms with Gasteiger partial charge in [-0.1, -0.05) is 6.07 Å². The van der Waals surface area contributed by atoms with Crippen LogP contribution in [0.25, 0.3) is 11.5 Å². The molecule has 7 nitrogen and oxygen atoms in total. The third-order valence-corrected chi connectivity index (χ3v) is 5.64. The van der Waals surface area contributed by atoms with E-state index in [1.165, 1.54) is 0 Å². The molecule has 0 amide bonds. The highest BCUT2D eigenvalue weighted by Crippen LogP contribution is 2.36. The van der Waals surface area contributed by atoms with Gasteiger partial charge in [0.2, 0.25) is 5.89 Å². The molecule has 0 bridgehead atoms. The molecule has 0 unspecified atom stereocenters. The van der Waals surface area contributed by atoms with Gasteiger partial charge in [-0.05, 0) is 50.7 Å². The zero-order valence-corrected chi connectivity index (χ0v) is 18.6. The number of aromatic nitrogens is 1. The summed E-state index contributed by atoms with van der Waals surface area (Å²) in [7, 11) is 5.32. The van der Waals surface area contributed by atoms with E-state index in [0.717, 1.165) is 39.8 Å². The van der Waals surface area contributed by atoms with Crippen LogP contribution in [-0.4, -0.2) is 44.4 Å². The SMILES string of the molecule is COc1ccc(-c2nc(CN(C)[C@H](C)c3ccc4c(c3)OCCO4)c(C)o2)c(OC)c1. The van der Waals surface area contributed by atoms with Gasteiger partial charge in [-0.15, -0.1) is 0 Å². The van der Waals surface area contributed by atoms with Gasteiger partial charge in [-0.2, -0.15) is 0 Å². The van der Waals surface area contributed by atoms with E-state index in [2.05, 4.69) is 31.0 Å². The van der Waals surface area contributed by atoms with Gasteiger partial charge in [0.15, 0.2) is 11.5 Å². The summed E-state index contributed by atoms with van der Waals surface area (Å²) in [5, 5.41) is 0. The maximum atomic E-state index is 5.98. The molecule has 4 rings (SSSR count). The Balaban J connectivity index is 1.53. The normalized spacial score (nSPS) is 13.9. The molecular formula is C24H28N2O5. The molecule has 1 aromatic heterocycles. The molecular weight excluding hydrogens is 396 g/mol. The Bertz CT molecular complexity index is 1060. The first-order valence-electron chi connectivity index (χ1n) is 10.3. The fourth-order valence-electron chi connectivity index (χ4n) is 3.61. The predicted molar refractivity (Wildman–Crippen MR) is 117 cm³/mol. The number of oxazole rings is 1. The summed E-state index contributed by atoms with van der Waals surface area (Å²) in [5.74, 6) is 4.30. The lowest BCUT2D eigenvalue weighted by Crippen LogP contribution is -2.23. The van der Waals surface area contributed by atoms with E-state index < -0.39 is 0 Å². The van der Waals surface area contributed by atoms with E-state index in [-0.39, 0.29) is 6.04 Å². The molecule has 2 aromatic carbocycles. The Morgan fingerprint density at radius 3 is 2.55 bits per heavy atom. The number of ether oxygens (including phenoxy) is 4. The second kappa shape index (κ2) is 8.89. The Morgan fingerprint density at radius 2 is 1.81 bits per heavy atom. The standard InChI is InChI=1S/C24H28N2O5/c1-15(17-6-9-21-23(12-17)30-11-10-29-21)26(3)14-20-16(2)31-24(25-20)19-8-7-18(27-4)13-22(19)28-5/h6-9,12-13,15H,10-11,14H2,1-5H3/t15-/m1/s1. The van der Waals surface area contributed by atoms with Crippen molar-refractivity contribution in [2.75, 3.05) is 34.5 Å². The van der Waals surface area contributed by atoms with Crippen molar-refractivity contribution in [2.45, 2.75) is 26.4 Å². The van der Waals surface area contributed by atoms with Crippen LogP contribution in [-0.2, 0) is 6.54 Å². The van der Waals surface area contributed by atoms with Crippen molar-refractivity contribution in [1.29, 1.82) is 0 Å². The summed E-state index contributed by atoms with van der Waals surface area (Å²) in [6.07, 6.45) is 0. The Labute approximate surface area is 182 Å². The fourth-order valence-corrected chi connectivity index (χ4v) is 3.61. The van der Waals surface area contributed by atoms with Crippen LogP contribution in [0.3, 0.4) is 0 Å². The highest BCUT2D eigenvalue weighted by atomic mass is 16.6. The minimum Gasteiger partial charge on any atom is -0.497 e. The Kier molecular flexibility index (Phi) is 6.04. The average molecular weight is 424 g/mol. The number of hydrogen-bond donors (Lipinski definition) is 0. The highest BCUT2D eigenvalue weighted by Gasteiger charge is 2.21. The molecule has 2 heterocycles. The van der Waals surface area contributed by atoms with Gasteiger partial charge in [-0.25, -0.2) is 4.98 Å². The van der Waals surface area contributed by atoms with E-state index >= 15 is 0 Å². The molecule has 0 aliphatic carbocycles. The molecule has 164 valence electrons. The lowest BCUT2D eigenvalue weighted by Gasteiger charge is -2.26. The van der Waals surface area contributed by atoms with Crippen molar-refractivity contribution in [3.63, 3.8) is 0 Å². The predicted octanol–water partition coefficient (Wildman–Crippen LogP) is 4.63. The van der Waals surface area contributed by atoms with Crippen LogP contribution < -0.4 is 18.9 Å². The van der Waals surface area contributed by atoms with Crippen molar-refractivity contribution < 1.29 is 23.4 Å². The molecule has 0 saturated heterocycles. The summed E-state index contributed by atoms with van der Waals surface area (Å²) in [6.45, 7) is 5.91. The first-order chi connectivity index (χ1) is 15.0. The third-order valence-electron chi connectivity index (χ3n) is 5.64. The maximum absolute atomic E-state index is 5.98. The van der Waals surface area contributed by atoms with E-state index in [1.807, 2.05) is 31.2 Å². The smallest absolute Gasteiger partial charge is 0.230 e. The molecule has 0 saturated carbocycles. The van der Waals surface area contributed by atoms with Crippen LogP contribution in [0.15, 0.2) is 40.8 Å². The zero-order chi connectivity index (χ0) is 22.0. The summed E-state index contributed by atoms with van der Waals surface area (Å²) in [6, 6.07) is 11.9. The molecule has 0 fully saturated rings. The Morgan fingerprint density at radius 1 is 1.03 bits per heavy atom. The van der Waals surface area contributed by atoms with Crippen LogP contribution in [0, 0.1) is 6.92 Å². The molecule has 3 aromatic rings. The van der Waals surface area contributed by atoms with Crippen molar-refractivity contribution in [3.8, 4) is 34.5 Å². The van der Waals surface area contributed by atoms with Gasteiger partial charge in [0.1, 0.15) is 30.5 Å². The van der Waals surface area contributed by atoms with Gasteiger partial charge in [0.25, 0.3) is 0 Å². The zero-order valence-electron chi connectivity index (χ0n) is 18.6. The minimum atomic E-state index is 0.158. The summed E-state index contributed by atoms with van der Waals surface area (Å²) < 4.78 is 28.1. The van der Waals surface area contributed by atoms with Gasteiger partial charge in [0.05, 0.1) is 25.5 Å². The number of fused-ring (bicyclic) bond motifs is 1. The van der Waals surface area contributed by atoms with Crippen LogP contribution in [0.2, 0.25) is 0 Å². The molecule has 7 heteroatoms. The lowest BCUT2D eigenvalue weighted by molar-refractivity contribution is 0.170. The van der Waals surface area contributed by atoms with E-state index in [9.17, 15) is 0 Å². The number of rotatable bonds is 7. The van der Waals surface area contributed by atoms with Crippen LogP contribution in [0.5, 0.6) is 23.0 Å². The van der Waals surface area contributed by atoms with Crippen molar-refractivity contribution in [3.05, 3.63) is 53.4 Å². The minimum absolute atomic E-state index is 0.158. The number of nitrogens with zero attached hydrogens (tertiary/aromatic N) is 2. The quantitative estimate of drug-likeness (QED) is 0.548. The van der Waals surface area contributed by atoms with Crippen LogP contribution in [0.4, 0.5) is 0 Å². The monoisotopic (exact) mass is 424 g/mol. The van der Waals surface area contributed by atoms with Crippen molar-refractivity contribution in [1.82, 2.24) is 9.88 Å². The van der Waals surface area contributed by atoms with Crippen molar-refractivity contribution >= 4 is 0 Å². The summed E-state index contributed by atoms with van der Waals surface area (Å²) in [4.78, 5) is 6.98. The molecule has 0 N–H and O–H groups in total.